The molecule has 1 fully saturated rings. The predicted octanol–water partition coefficient (Wildman–Crippen LogP) is 2.45. The van der Waals surface area contributed by atoms with Gasteiger partial charge in [0.1, 0.15) is 5.75 Å². The minimum Gasteiger partial charge on any atom is -0.496 e. The Morgan fingerprint density at radius 1 is 1.07 bits per heavy atom. The minimum atomic E-state index is -3.63. The van der Waals surface area contributed by atoms with Gasteiger partial charge in [-0.25, -0.2) is 13.1 Å². The zero-order valence-corrected chi connectivity index (χ0v) is 16.2. The van der Waals surface area contributed by atoms with Gasteiger partial charge in [-0.3, -0.25) is 4.79 Å². The molecule has 1 N–H and O–H groups in total. The van der Waals surface area contributed by atoms with Crippen molar-refractivity contribution in [1.82, 2.24) is 9.62 Å². The Balaban J connectivity index is 1.62. The summed E-state index contributed by atoms with van der Waals surface area (Å²) in [5.74, 6) is 0.696. The number of rotatable bonds is 7. The van der Waals surface area contributed by atoms with E-state index in [0.29, 0.717) is 12.0 Å². The maximum absolute atomic E-state index is 12.5. The number of para-hydroxylation sites is 1. The maximum atomic E-state index is 12.5. The van der Waals surface area contributed by atoms with E-state index in [1.165, 1.54) is 12.1 Å². The van der Waals surface area contributed by atoms with Gasteiger partial charge < -0.3 is 9.64 Å². The van der Waals surface area contributed by atoms with Crippen LogP contribution in [0.1, 0.15) is 28.8 Å². The average Bonchev–Trinajstić information content (AvgIpc) is 3.22. The van der Waals surface area contributed by atoms with Gasteiger partial charge in [0, 0.05) is 25.2 Å². The normalized spacial score (nSPS) is 14.3. The molecule has 1 aliphatic rings. The lowest BCUT2D eigenvalue weighted by atomic mass is 10.1. The van der Waals surface area contributed by atoms with Gasteiger partial charge in [0.15, 0.2) is 0 Å². The minimum absolute atomic E-state index is 0.0411. The first-order valence-electron chi connectivity index (χ1n) is 9.02. The molecular weight excluding hydrogens is 364 g/mol. The molecule has 0 aliphatic carbocycles. The van der Waals surface area contributed by atoms with E-state index in [0.717, 1.165) is 37.2 Å². The number of methoxy groups -OCH3 is 1. The summed E-state index contributed by atoms with van der Waals surface area (Å²) in [6.07, 6.45) is 2.57. The molecule has 0 saturated carbocycles. The van der Waals surface area contributed by atoms with E-state index in [1.807, 2.05) is 24.3 Å². The molecule has 1 heterocycles. The molecule has 3 rings (SSSR count). The van der Waals surface area contributed by atoms with Gasteiger partial charge in [-0.1, -0.05) is 18.2 Å². The van der Waals surface area contributed by atoms with Crippen LogP contribution in [0.2, 0.25) is 0 Å². The second-order valence-corrected chi connectivity index (χ2v) is 8.25. The van der Waals surface area contributed by atoms with Gasteiger partial charge in [-0.2, -0.15) is 0 Å². The maximum Gasteiger partial charge on any atom is 0.253 e. The van der Waals surface area contributed by atoms with E-state index in [2.05, 4.69) is 4.72 Å². The molecule has 6 nitrogen and oxygen atoms in total. The van der Waals surface area contributed by atoms with Gasteiger partial charge in [-0.05, 0) is 55.2 Å². The molecule has 0 radical (unpaired) electrons. The van der Waals surface area contributed by atoms with Crippen molar-refractivity contribution in [2.45, 2.75) is 24.2 Å². The molecule has 144 valence electrons. The first-order chi connectivity index (χ1) is 13.0. The second kappa shape index (κ2) is 8.54. The summed E-state index contributed by atoms with van der Waals surface area (Å²) >= 11 is 0. The van der Waals surface area contributed by atoms with E-state index >= 15 is 0 Å². The highest BCUT2D eigenvalue weighted by Gasteiger charge is 2.20. The van der Waals surface area contributed by atoms with Crippen molar-refractivity contribution in [2.24, 2.45) is 0 Å². The van der Waals surface area contributed by atoms with E-state index in [9.17, 15) is 13.2 Å². The Hall–Kier alpha value is -2.38. The summed E-state index contributed by atoms with van der Waals surface area (Å²) in [5.41, 5.74) is 1.46. The zero-order chi connectivity index (χ0) is 19.3. The highest BCUT2D eigenvalue weighted by molar-refractivity contribution is 7.89. The van der Waals surface area contributed by atoms with Gasteiger partial charge in [0.25, 0.3) is 5.91 Å². The van der Waals surface area contributed by atoms with Crippen molar-refractivity contribution in [2.75, 3.05) is 26.7 Å². The van der Waals surface area contributed by atoms with Crippen LogP contribution in [0.3, 0.4) is 0 Å². The number of hydrogen-bond donors (Lipinski definition) is 1. The number of ether oxygens (including phenoxy) is 1. The van der Waals surface area contributed by atoms with Crippen LogP contribution in [-0.2, 0) is 16.4 Å². The van der Waals surface area contributed by atoms with Crippen molar-refractivity contribution in [3.63, 3.8) is 0 Å². The van der Waals surface area contributed by atoms with Gasteiger partial charge >= 0.3 is 0 Å². The van der Waals surface area contributed by atoms with Crippen LogP contribution in [0.25, 0.3) is 0 Å². The Bertz CT molecular complexity index is 888. The van der Waals surface area contributed by atoms with Crippen molar-refractivity contribution >= 4 is 15.9 Å². The Morgan fingerprint density at radius 2 is 1.74 bits per heavy atom. The molecule has 2 aromatic carbocycles. The molecule has 27 heavy (non-hydrogen) atoms. The van der Waals surface area contributed by atoms with Crippen LogP contribution >= 0.6 is 0 Å². The van der Waals surface area contributed by atoms with Crippen LogP contribution in [-0.4, -0.2) is 46.0 Å². The lowest BCUT2D eigenvalue weighted by molar-refractivity contribution is 0.0792. The number of hydrogen-bond acceptors (Lipinski definition) is 4. The molecule has 7 heteroatoms. The fourth-order valence-corrected chi connectivity index (χ4v) is 4.22. The molecule has 0 spiro atoms. The lowest BCUT2D eigenvalue weighted by Crippen LogP contribution is -2.28. The highest BCUT2D eigenvalue weighted by atomic mass is 32.2. The summed E-state index contributed by atoms with van der Waals surface area (Å²) < 4.78 is 32.8. The van der Waals surface area contributed by atoms with Crippen molar-refractivity contribution in [3.8, 4) is 5.75 Å². The number of nitrogens with one attached hydrogen (secondary N) is 1. The molecule has 1 saturated heterocycles. The third-order valence-corrected chi connectivity index (χ3v) is 6.16. The van der Waals surface area contributed by atoms with Crippen LogP contribution in [0.4, 0.5) is 0 Å². The molecule has 2 aromatic rings. The molecule has 0 atom stereocenters. The summed E-state index contributed by atoms with van der Waals surface area (Å²) in [6, 6.07) is 13.6. The average molecular weight is 388 g/mol. The molecule has 0 aromatic heterocycles. The summed E-state index contributed by atoms with van der Waals surface area (Å²) in [5, 5.41) is 0. The van der Waals surface area contributed by atoms with E-state index in [1.54, 1.807) is 24.1 Å². The molecule has 0 unspecified atom stereocenters. The second-order valence-electron chi connectivity index (χ2n) is 6.48. The van der Waals surface area contributed by atoms with Crippen LogP contribution < -0.4 is 9.46 Å². The van der Waals surface area contributed by atoms with Crippen LogP contribution in [0.15, 0.2) is 53.4 Å². The van der Waals surface area contributed by atoms with Gasteiger partial charge in [0.05, 0.1) is 12.0 Å². The smallest absolute Gasteiger partial charge is 0.253 e. The summed E-state index contributed by atoms with van der Waals surface area (Å²) in [6.45, 7) is 1.80. The van der Waals surface area contributed by atoms with E-state index in [-0.39, 0.29) is 17.3 Å². The zero-order valence-electron chi connectivity index (χ0n) is 15.3. The van der Waals surface area contributed by atoms with Crippen LogP contribution in [0.5, 0.6) is 5.75 Å². The molecule has 0 bridgehead atoms. The first-order valence-corrected chi connectivity index (χ1v) is 10.5. The Morgan fingerprint density at radius 3 is 2.41 bits per heavy atom. The largest absolute Gasteiger partial charge is 0.496 e. The fraction of sp³-hybridized carbons (Fsp3) is 0.350. The number of sulfonamides is 1. The third-order valence-electron chi connectivity index (χ3n) is 4.68. The van der Waals surface area contributed by atoms with E-state index in [4.69, 9.17) is 4.74 Å². The standard InChI is InChI=1S/C20H24N2O4S/c1-26-19-7-3-2-6-16(19)12-13-21-27(24,25)18-10-8-17(9-11-18)20(23)22-14-4-5-15-22/h2-3,6-11,21H,4-5,12-15H2,1H3. The number of benzene rings is 2. The number of amides is 1. The summed E-state index contributed by atoms with van der Waals surface area (Å²) in [7, 11) is -2.04. The Labute approximate surface area is 160 Å². The van der Waals surface area contributed by atoms with Gasteiger partial charge in [0.2, 0.25) is 10.0 Å². The Kier molecular flexibility index (Phi) is 6.13. The molecule has 1 amide bonds. The first kappa shape index (κ1) is 19.4. The third kappa shape index (κ3) is 4.67. The topological polar surface area (TPSA) is 75.7 Å². The van der Waals surface area contributed by atoms with Crippen LogP contribution in [0, 0.1) is 0 Å². The van der Waals surface area contributed by atoms with Crippen molar-refractivity contribution < 1.29 is 17.9 Å². The monoisotopic (exact) mass is 388 g/mol. The predicted molar refractivity (Wildman–Crippen MR) is 103 cm³/mol. The molecule has 1 aliphatic heterocycles. The highest BCUT2D eigenvalue weighted by Crippen LogP contribution is 2.18. The fourth-order valence-electron chi connectivity index (χ4n) is 3.19. The SMILES string of the molecule is COc1ccccc1CCNS(=O)(=O)c1ccc(C(=O)N2CCCC2)cc1. The lowest BCUT2D eigenvalue weighted by Gasteiger charge is -2.15. The van der Waals surface area contributed by atoms with E-state index < -0.39 is 10.0 Å². The number of carbonyl (C=O) groups is 1. The number of carbonyl (C=O) groups excluding carboxylic acids is 1. The number of likely N-dealkylation sites (tertiary alicyclic amines) is 1. The molecular formula is C20H24N2O4S. The van der Waals surface area contributed by atoms with Crippen molar-refractivity contribution in [1.29, 1.82) is 0 Å². The van der Waals surface area contributed by atoms with Crippen molar-refractivity contribution in [3.05, 3.63) is 59.7 Å². The quantitative estimate of drug-likeness (QED) is 0.791. The number of nitrogens with zero attached hydrogens (tertiary/aromatic N) is 1. The summed E-state index contributed by atoms with van der Waals surface area (Å²) in [4.78, 5) is 14.3. The van der Waals surface area contributed by atoms with Gasteiger partial charge in [-0.15, -0.1) is 0 Å².